The van der Waals surface area contributed by atoms with Crippen molar-refractivity contribution >= 4 is 11.6 Å². The first-order chi connectivity index (χ1) is 9.74. The lowest BCUT2D eigenvalue weighted by atomic mass is 10.2. The molecule has 1 aromatic rings. The van der Waals surface area contributed by atoms with Gasteiger partial charge in [-0.05, 0) is 25.8 Å². The highest BCUT2D eigenvalue weighted by Gasteiger charge is 2.21. The van der Waals surface area contributed by atoms with E-state index in [1.54, 1.807) is 13.2 Å². The normalized spacial score (nSPS) is 14.3. The molecule has 0 amide bonds. The summed E-state index contributed by atoms with van der Waals surface area (Å²) in [7, 11) is 1.62. The van der Waals surface area contributed by atoms with E-state index in [0.717, 1.165) is 17.9 Å². The summed E-state index contributed by atoms with van der Waals surface area (Å²) in [4.78, 5) is 0. The van der Waals surface area contributed by atoms with Gasteiger partial charge < -0.3 is 19.5 Å². The van der Waals surface area contributed by atoms with E-state index in [0.29, 0.717) is 36.6 Å². The van der Waals surface area contributed by atoms with Crippen LogP contribution in [0.4, 0.5) is 0 Å². The summed E-state index contributed by atoms with van der Waals surface area (Å²) in [6, 6.07) is 4.34. The average Bonchev–Trinajstić information content (AvgIpc) is 3.26. The molecule has 0 unspecified atom stereocenters. The summed E-state index contributed by atoms with van der Waals surface area (Å²) in [5.41, 5.74) is 1.03. The molecule has 1 aromatic carbocycles. The second-order valence-corrected chi connectivity index (χ2v) is 5.23. The number of hydrogen-bond donors (Lipinski definition) is 1. The smallest absolute Gasteiger partial charge is 0.165 e. The summed E-state index contributed by atoms with van der Waals surface area (Å²) in [5.74, 6) is 1.42. The number of ether oxygens (including phenoxy) is 3. The minimum Gasteiger partial charge on any atom is -0.493 e. The standard InChI is InChI=1S/C15H22ClNO3/c1-3-19-6-7-20-15-11(10-17-13-4-5-13)8-12(16)9-14(15)18-2/h8-9,13,17H,3-7,10H2,1-2H3. The molecule has 112 valence electrons. The number of nitrogens with one attached hydrogen (secondary N) is 1. The molecule has 5 heteroatoms. The lowest BCUT2D eigenvalue weighted by Gasteiger charge is -2.16. The van der Waals surface area contributed by atoms with Crippen LogP contribution in [-0.2, 0) is 11.3 Å². The molecule has 0 aromatic heterocycles. The fraction of sp³-hybridized carbons (Fsp3) is 0.600. The lowest BCUT2D eigenvalue weighted by molar-refractivity contribution is 0.108. The van der Waals surface area contributed by atoms with Crippen molar-refractivity contribution in [3.63, 3.8) is 0 Å². The van der Waals surface area contributed by atoms with Gasteiger partial charge in [0.05, 0.1) is 13.7 Å². The largest absolute Gasteiger partial charge is 0.493 e. The summed E-state index contributed by atoms with van der Waals surface area (Å²) in [6.07, 6.45) is 2.50. The first-order valence-corrected chi connectivity index (χ1v) is 7.42. The predicted molar refractivity (Wildman–Crippen MR) is 79.9 cm³/mol. The Hall–Kier alpha value is -0.970. The third-order valence-corrected chi connectivity index (χ3v) is 3.37. The Balaban J connectivity index is 2.06. The van der Waals surface area contributed by atoms with Crippen LogP contribution in [0.25, 0.3) is 0 Å². The Morgan fingerprint density at radius 1 is 1.30 bits per heavy atom. The van der Waals surface area contributed by atoms with E-state index in [2.05, 4.69) is 5.32 Å². The van der Waals surface area contributed by atoms with E-state index < -0.39 is 0 Å². The van der Waals surface area contributed by atoms with E-state index in [4.69, 9.17) is 25.8 Å². The fourth-order valence-corrected chi connectivity index (χ4v) is 2.19. The van der Waals surface area contributed by atoms with Crippen LogP contribution in [0, 0.1) is 0 Å². The van der Waals surface area contributed by atoms with Gasteiger partial charge >= 0.3 is 0 Å². The monoisotopic (exact) mass is 299 g/mol. The maximum absolute atomic E-state index is 6.13. The Bertz CT molecular complexity index is 435. The molecule has 20 heavy (non-hydrogen) atoms. The van der Waals surface area contributed by atoms with Gasteiger partial charge in [0.1, 0.15) is 6.61 Å². The van der Waals surface area contributed by atoms with Gasteiger partial charge in [0.25, 0.3) is 0 Å². The molecule has 2 rings (SSSR count). The molecule has 0 heterocycles. The second-order valence-electron chi connectivity index (χ2n) is 4.80. The number of rotatable bonds is 9. The molecular weight excluding hydrogens is 278 g/mol. The molecule has 0 aliphatic heterocycles. The van der Waals surface area contributed by atoms with Crippen LogP contribution in [0.3, 0.4) is 0 Å². The van der Waals surface area contributed by atoms with Gasteiger partial charge in [0, 0.05) is 35.8 Å². The van der Waals surface area contributed by atoms with Crippen LogP contribution >= 0.6 is 11.6 Å². The van der Waals surface area contributed by atoms with E-state index in [1.165, 1.54) is 12.8 Å². The molecule has 0 spiro atoms. The quantitative estimate of drug-likeness (QED) is 0.712. The summed E-state index contributed by atoms with van der Waals surface area (Å²) in [6.45, 7) is 4.47. The molecule has 1 aliphatic carbocycles. The van der Waals surface area contributed by atoms with Crippen molar-refractivity contribution in [2.24, 2.45) is 0 Å². The third kappa shape index (κ3) is 4.54. The van der Waals surface area contributed by atoms with E-state index in [9.17, 15) is 0 Å². The molecule has 0 atom stereocenters. The zero-order chi connectivity index (χ0) is 14.4. The van der Waals surface area contributed by atoms with Crippen molar-refractivity contribution in [3.05, 3.63) is 22.7 Å². The molecule has 1 aliphatic rings. The third-order valence-electron chi connectivity index (χ3n) is 3.15. The highest BCUT2D eigenvalue weighted by atomic mass is 35.5. The molecule has 4 nitrogen and oxygen atoms in total. The van der Waals surface area contributed by atoms with Crippen molar-refractivity contribution < 1.29 is 14.2 Å². The fourth-order valence-electron chi connectivity index (χ4n) is 1.96. The van der Waals surface area contributed by atoms with Crippen LogP contribution in [-0.4, -0.2) is 33.0 Å². The zero-order valence-corrected chi connectivity index (χ0v) is 12.8. The average molecular weight is 300 g/mol. The Kier molecular flexibility index (Phi) is 5.95. The van der Waals surface area contributed by atoms with Gasteiger partial charge in [0.2, 0.25) is 0 Å². The van der Waals surface area contributed by atoms with Gasteiger partial charge in [-0.2, -0.15) is 0 Å². The van der Waals surface area contributed by atoms with Crippen molar-refractivity contribution in [2.75, 3.05) is 26.9 Å². The lowest BCUT2D eigenvalue weighted by Crippen LogP contribution is -2.17. The van der Waals surface area contributed by atoms with Gasteiger partial charge in [-0.15, -0.1) is 0 Å². The Labute approximate surface area is 125 Å². The number of halogens is 1. The molecule has 0 bridgehead atoms. The summed E-state index contributed by atoms with van der Waals surface area (Å²) >= 11 is 6.13. The maximum atomic E-state index is 6.13. The van der Waals surface area contributed by atoms with Crippen LogP contribution in [0.2, 0.25) is 5.02 Å². The van der Waals surface area contributed by atoms with Crippen molar-refractivity contribution in [3.8, 4) is 11.5 Å². The maximum Gasteiger partial charge on any atom is 0.165 e. The molecule has 0 radical (unpaired) electrons. The van der Waals surface area contributed by atoms with Gasteiger partial charge in [-0.3, -0.25) is 0 Å². The van der Waals surface area contributed by atoms with Crippen LogP contribution in [0.15, 0.2) is 12.1 Å². The summed E-state index contributed by atoms with van der Waals surface area (Å²) in [5, 5.41) is 4.13. The van der Waals surface area contributed by atoms with Crippen molar-refractivity contribution in [1.29, 1.82) is 0 Å². The number of methoxy groups -OCH3 is 1. The first-order valence-electron chi connectivity index (χ1n) is 7.05. The highest BCUT2D eigenvalue weighted by molar-refractivity contribution is 6.30. The topological polar surface area (TPSA) is 39.7 Å². The summed E-state index contributed by atoms with van der Waals surface area (Å²) < 4.78 is 16.5. The zero-order valence-electron chi connectivity index (χ0n) is 12.1. The second kappa shape index (κ2) is 7.72. The molecular formula is C15H22ClNO3. The number of benzene rings is 1. The van der Waals surface area contributed by atoms with Crippen molar-refractivity contribution in [2.45, 2.75) is 32.4 Å². The van der Waals surface area contributed by atoms with Crippen LogP contribution in [0.5, 0.6) is 11.5 Å². The number of hydrogen-bond acceptors (Lipinski definition) is 4. The minimum absolute atomic E-state index is 0.502. The Morgan fingerprint density at radius 2 is 2.10 bits per heavy atom. The van der Waals surface area contributed by atoms with Gasteiger partial charge in [0.15, 0.2) is 11.5 Å². The van der Waals surface area contributed by atoms with E-state index in [1.807, 2.05) is 13.0 Å². The van der Waals surface area contributed by atoms with E-state index in [-0.39, 0.29) is 0 Å². The van der Waals surface area contributed by atoms with Crippen LogP contribution < -0.4 is 14.8 Å². The van der Waals surface area contributed by atoms with E-state index >= 15 is 0 Å². The SMILES string of the molecule is CCOCCOc1c(CNC2CC2)cc(Cl)cc1OC. The van der Waals surface area contributed by atoms with Crippen molar-refractivity contribution in [1.82, 2.24) is 5.32 Å². The highest BCUT2D eigenvalue weighted by Crippen LogP contribution is 2.35. The molecule has 1 saturated carbocycles. The molecule has 1 fully saturated rings. The molecule has 1 N–H and O–H groups in total. The first kappa shape index (κ1) is 15.4. The van der Waals surface area contributed by atoms with Gasteiger partial charge in [-0.1, -0.05) is 11.6 Å². The van der Waals surface area contributed by atoms with Gasteiger partial charge in [-0.25, -0.2) is 0 Å². The molecule has 0 saturated heterocycles. The predicted octanol–water partition coefficient (Wildman–Crippen LogP) is 3.02. The minimum atomic E-state index is 0.502. The Morgan fingerprint density at radius 3 is 2.75 bits per heavy atom. The van der Waals surface area contributed by atoms with Crippen LogP contribution in [0.1, 0.15) is 25.3 Å².